The van der Waals surface area contributed by atoms with Crippen LogP contribution < -0.4 is 5.32 Å². The number of aliphatic imine (C=N–C) groups is 1. The van der Waals surface area contributed by atoms with Gasteiger partial charge in [0.1, 0.15) is 5.76 Å². The van der Waals surface area contributed by atoms with Crippen molar-refractivity contribution in [1.82, 2.24) is 5.32 Å². The Bertz CT molecular complexity index is 412. The number of nitrogens with one attached hydrogen (secondary N) is 1. The normalized spacial score (nSPS) is 21.5. The van der Waals surface area contributed by atoms with Gasteiger partial charge in [-0.2, -0.15) is 0 Å². The van der Waals surface area contributed by atoms with Crippen LogP contribution in [0.5, 0.6) is 0 Å². The number of aliphatic hydroxyl groups is 1. The molecule has 2 aliphatic rings. The van der Waals surface area contributed by atoms with E-state index in [0.29, 0.717) is 6.04 Å². The lowest BCUT2D eigenvalue weighted by Gasteiger charge is -2.25. The number of hydrogen-bond donors (Lipinski definition) is 2. The van der Waals surface area contributed by atoms with Gasteiger partial charge < -0.3 is 10.4 Å². The Hall–Kier alpha value is -1.51. The fourth-order valence-corrected chi connectivity index (χ4v) is 2.54. The number of allylic oxidation sites excluding steroid dienone is 2. The largest absolute Gasteiger partial charge is 0.506 e. The van der Waals surface area contributed by atoms with Gasteiger partial charge in [-0.05, 0) is 31.4 Å². The van der Waals surface area contributed by atoms with Gasteiger partial charge in [0.15, 0.2) is 0 Å². The molecule has 18 heavy (non-hydrogen) atoms. The van der Waals surface area contributed by atoms with Crippen LogP contribution in [0.2, 0.25) is 0 Å². The molecule has 0 radical (unpaired) electrons. The first-order valence-corrected chi connectivity index (χ1v) is 6.74. The van der Waals surface area contributed by atoms with Crippen molar-refractivity contribution in [2.24, 2.45) is 4.99 Å². The van der Waals surface area contributed by atoms with E-state index in [0.717, 1.165) is 23.4 Å². The Kier molecular flexibility index (Phi) is 4.24. The van der Waals surface area contributed by atoms with Crippen molar-refractivity contribution in [2.75, 3.05) is 0 Å². The van der Waals surface area contributed by atoms with Crippen molar-refractivity contribution in [3.63, 3.8) is 0 Å². The molecule has 2 N–H and O–H groups in total. The minimum atomic E-state index is 0.202. The fraction of sp³-hybridized carbons (Fsp3) is 0.533. The van der Waals surface area contributed by atoms with Crippen molar-refractivity contribution < 1.29 is 5.11 Å². The van der Waals surface area contributed by atoms with Crippen molar-refractivity contribution in [2.45, 2.75) is 51.5 Å². The highest BCUT2D eigenvalue weighted by atomic mass is 16.3. The molecule has 0 spiro atoms. The zero-order valence-corrected chi connectivity index (χ0v) is 11.1. The second kappa shape index (κ2) is 5.89. The molecule has 3 heteroatoms. The SMILES string of the molecule is C=C(NC1CCCCC1)C1=CC(O)=CN=C(C)C1. The van der Waals surface area contributed by atoms with Gasteiger partial charge in [-0.1, -0.05) is 25.8 Å². The van der Waals surface area contributed by atoms with Crippen molar-refractivity contribution in [1.29, 1.82) is 0 Å². The summed E-state index contributed by atoms with van der Waals surface area (Å²) in [5.74, 6) is 0.202. The van der Waals surface area contributed by atoms with Crippen LogP contribution in [-0.2, 0) is 0 Å². The Labute approximate surface area is 109 Å². The van der Waals surface area contributed by atoms with Crippen LogP contribution in [-0.4, -0.2) is 16.9 Å². The van der Waals surface area contributed by atoms with Crippen LogP contribution in [0.25, 0.3) is 0 Å². The van der Waals surface area contributed by atoms with E-state index >= 15 is 0 Å². The van der Waals surface area contributed by atoms with Crippen LogP contribution in [0.1, 0.15) is 45.4 Å². The molecular weight excluding hydrogens is 224 g/mol. The lowest BCUT2D eigenvalue weighted by Crippen LogP contribution is -2.30. The zero-order valence-electron chi connectivity index (χ0n) is 11.1. The highest BCUT2D eigenvalue weighted by molar-refractivity contribution is 5.86. The third-order valence-corrected chi connectivity index (χ3v) is 3.56. The summed E-state index contributed by atoms with van der Waals surface area (Å²) in [6.45, 7) is 6.08. The summed E-state index contributed by atoms with van der Waals surface area (Å²) in [6, 6.07) is 0.541. The Morgan fingerprint density at radius 1 is 1.39 bits per heavy atom. The molecule has 1 heterocycles. The van der Waals surface area contributed by atoms with Gasteiger partial charge in [-0.3, -0.25) is 4.99 Å². The third-order valence-electron chi connectivity index (χ3n) is 3.56. The second-order valence-electron chi connectivity index (χ2n) is 5.22. The average molecular weight is 246 g/mol. The van der Waals surface area contributed by atoms with Gasteiger partial charge in [-0.15, -0.1) is 0 Å². The molecule has 0 unspecified atom stereocenters. The molecule has 0 amide bonds. The molecule has 0 aromatic carbocycles. The highest BCUT2D eigenvalue weighted by Gasteiger charge is 2.16. The average Bonchev–Trinajstić information content (AvgIpc) is 2.53. The summed E-state index contributed by atoms with van der Waals surface area (Å²) >= 11 is 0. The molecule has 3 nitrogen and oxygen atoms in total. The molecule has 0 bridgehead atoms. The standard InChI is InChI=1S/C15H22N2O/c1-11-8-13(9-15(18)10-16-11)12(2)17-14-6-4-3-5-7-14/h9-10,14,17-18H,2-8H2,1H3. The lowest BCUT2D eigenvalue weighted by molar-refractivity contribution is 0.397. The third kappa shape index (κ3) is 3.49. The lowest BCUT2D eigenvalue weighted by atomic mass is 9.94. The number of aliphatic hydroxyl groups excluding tert-OH is 1. The van der Waals surface area contributed by atoms with Gasteiger partial charge >= 0.3 is 0 Å². The summed E-state index contributed by atoms with van der Waals surface area (Å²) in [5, 5.41) is 13.1. The van der Waals surface area contributed by atoms with E-state index in [2.05, 4.69) is 16.9 Å². The molecule has 0 atom stereocenters. The first-order chi connectivity index (χ1) is 8.65. The quantitative estimate of drug-likeness (QED) is 0.799. The molecule has 2 rings (SSSR count). The first-order valence-electron chi connectivity index (χ1n) is 6.74. The fourth-order valence-electron chi connectivity index (χ4n) is 2.54. The summed E-state index contributed by atoms with van der Waals surface area (Å²) in [7, 11) is 0. The number of hydrogen-bond acceptors (Lipinski definition) is 3. The summed E-state index contributed by atoms with van der Waals surface area (Å²) < 4.78 is 0. The Morgan fingerprint density at radius 2 is 2.11 bits per heavy atom. The van der Waals surface area contributed by atoms with Crippen molar-refractivity contribution in [3.05, 3.63) is 35.9 Å². The molecule has 1 aliphatic heterocycles. The van der Waals surface area contributed by atoms with Gasteiger partial charge in [0.05, 0.1) is 6.20 Å². The Balaban J connectivity index is 2.00. The minimum absolute atomic E-state index is 0.202. The van der Waals surface area contributed by atoms with E-state index in [1.54, 1.807) is 6.08 Å². The van der Waals surface area contributed by atoms with Crippen molar-refractivity contribution >= 4 is 5.71 Å². The molecule has 1 fully saturated rings. The minimum Gasteiger partial charge on any atom is -0.506 e. The summed E-state index contributed by atoms with van der Waals surface area (Å²) in [4.78, 5) is 4.17. The maximum absolute atomic E-state index is 9.64. The highest BCUT2D eigenvalue weighted by Crippen LogP contribution is 2.22. The van der Waals surface area contributed by atoms with Crippen molar-refractivity contribution in [3.8, 4) is 0 Å². The Morgan fingerprint density at radius 3 is 2.83 bits per heavy atom. The van der Waals surface area contributed by atoms with Gasteiger partial charge in [0, 0.05) is 23.9 Å². The second-order valence-corrected chi connectivity index (χ2v) is 5.22. The maximum Gasteiger partial charge on any atom is 0.134 e. The zero-order chi connectivity index (χ0) is 13.0. The topological polar surface area (TPSA) is 44.6 Å². The van der Waals surface area contributed by atoms with E-state index in [9.17, 15) is 5.11 Å². The van der Waals surface area contributed by atoms with Crippen LogP contribution in [0.15, 0.2) is 40.9 Å². The predicted molar refractivity (Wildman–Crippen MR) is 75.7 cm³/mol. The molecule has 1 saturated carbocycles. The van der Waals surface area contributed by atoms with E-state index in [1.165, 1.54) is 38.3 Å². The van der Waals surface area contributed by atoms with Gasteiger partial charge in [0.25, 0.3) is 0 Å². The van der Waals surface area contributed by atoms with E-state index in [-0.39, 0.29) is 5.76 Å². The smallest absolute Gasteiger partial charge is 0.134 e. The van der Waals surface area contributed by atoms with E-state index in [1.807, 2.05) is 6.92 Å². The molecule has 1 aliphatic carbocycles. The van der Waals surface area contributed by atoms with E-state index in [4.69, 9.17) is 0 Å². The first kappa shape index (κ1) is 12.9. The molecule has 0 aromatic heterocycles. The van der Waals surface area contributed by atoms with Crippen LogP contribution >= 0.6 is 0 Å². The van der Waals surface area contributed by atoms with Gasteiger partial charge in [0.2, 0.25) is 0 Å². The van der Waals surface area contributed by atoms with Gasteiger partial charge in [-0.25, -0.2) is 0 Å². The predicted octanol–water partition coefficient (Wildman–Crippen LogP) is 3.61. The number of nitrogens with zero attached hydrogens (tertiary/aromatic N) is 1. The summed E-state index contributed by atoms with van der Waals surface area (Å²) in [6.07, 6.45) is 10.4. The molecular formula is C15H22N2O. The van der Waals surface area contributed by atoms with Crippen LogP contribution in [0, 0.1) is 0 Å². The van der Waals surface area contributed by atoms with Crippen LogP contribution in [0.3, 0.4) is 0 Å². The summed E-state index contributed by atoms with van der Waals surface area (Å²) in [5.41, 5.74) is 2.96. The monoisotopic (exact) mass is 246 g/mol. The maximum atomic E-state index is 9.64. The molecule has 0 aromatic rings. The van der Waals surface area contributed by atoms with Crippen LogP contribution in [0.4, 0.5) is 0 Å². The number of rotatable bonds is 3. The molecule has 0 saturated heterocycles. The van der Waals surface area contributed by atoms with E-state index < -0.39 is 0 Å². The molecule has 98 valence electrons.